The highest BCUT2D eigenvalue weighted by atomic mass is 79.9. The van der Waals surface area contributed by atoms with Gasteiger partial charge in [0.1, 0.15) is 0 Å². The average molecular weight is 457 g/mol. The van der Waals surface area contributed by atoms with E-state index in [0.29, 0.717) is 27.8 Å². The Balaban J connectivity index is 0.00000144. The van der Waals surface area contributed by atoms with Crippen molar-refractivity contribution in [3.05, 3.63) is 35.1 Å². The van der Waals surface area contributed by atoms with Crippen LogP contribution in [-0.4, -0.2) is 43.4 Å². The maximum Gasteiger partial charge on any atom is 0.244 e. The van der Waals surface area contributed by atoms with Crippen molar-refractivity contribution in [1.82, 2.24) is 14.6 Å². The lowest BCUT2D eigenvalue weighted by Gasteiger charge is -2.26. The summed E-state index contributed by atoms with van der Waals surface area (Å²) in [5.74, 6) is 0. The molecule has 3 rings (SSSR count). The first-order valence-electron chi connectivity index (χ1n) is 7.26. The second-order valence-electron chi connectivity index (χ2n) is 5.50. The molecular formula is C15H20BrCl2N3O2S. The normalized spacial score (nSPS) is 19.2. The highest BCUT2D eigenvalue weighted by Gasteiger charge is 2.31. The van der Waals surface area contributed by atoms with E-state index in [2.05, 4.69) is 26.2 Å². The Bertz CT molecular complexity index is 799. The summed E-state index contributed by atoms with van der Waals surface area (Å²) < 4.78 is 28.7. The summed E-state index contributed by atoms with van der Waals surface area (Å²) in [4.78, 5) is 4.45. The second-order valence-corrected chi connectivity index (χ2v) is 8.21. The molecule has 5 nitrogen and oxygen atoms in total. The van der Waals surface area contributed by atoms with Gasteiger partial charge in [-0.2, -0.15) is 4.31 Å². The van der Waals surface area contributed by atoms with Gasteiger partial charge >= 0.3 is 0 Å². The Labute approximate surface area is 163 Å². The van der Waals surface area contributed by atoms with Gasteiger partial charge in [-0.3, -0.25) is 4.98 Å². The third kappa shape index (κ3) is 4.03. The molecule has 1 fully saturated rings. The van der Waals surface area contributed by atoms with Gasteiger partial charge in [-0.15, -0.1) is 24.8 Å². The topological polar surface area (TPSA) is 62.3 Å². The van der Waals surface area contributed by atoms with Crippen LogP contribution in [0.3, 0.4) is 0 Å². The highest BCUT2D eigenvalue weighted by molar-refractivity contribution is 9.10. The molecule has 0 bridgehead atoms. The largest absolute Gasteiger partial charge is 0.315 e. The van der Waals surface area contributed by atoms with Crippen molar-refractivity contribution in [3.63, 3.8) is 0 Å². The van der Waals surface area contributed by atoms with E-state index in [1.54, 1.807) is 28.8 Å². The maximum absolute atomic E-state index is 13.2. The van der Waals surface area contributed by atoms with Crippen LogP contribution in [0.4, 0.5) is 0 Å². The zero-order chi connectivity index (χ0) is 15.7. The van der Waals surface area contributed by atoms with Crippen molar-refractivity contribution in [2.45, 2.75) is 24.3 Å². The van der Waals surface area contributed by atoms with Gasteiger partial charge in [0, 0.05) is 46.8 Å². The standard InChI is InChI=1S/C15H18BrN3O2S.2ClH/c1-11-8-17-6-3-7-19(11)22(20,21)14-5-2-4-12-9-18-10-13(16)15(12)14;;/h2,4-5,9-11,17H,3,6-8H2,1H3;2*1H/t11-;;/m0../s1. The van der Waals surface area contributed by atoms with E-state index in [1.807, 2.05) is 13.0 Å². The molecule has 0 aliphatic carbocycles. The molecule has 134 valence electrons. The number of benzene rings is 1. The molecule has 0 unspecified atom stereocenters. The number of nitrogens with zero attached hydrogens (tertiary/aromatic N) is 2. The molecule has 1 atom stereocenters. The number of fused-ring (bicyclic) bond motifs is 1. The number of rotatable bonds is 2. The molecular weight excluding hydrogens is 437 g/mol. The lowest BCUT2D eigenvalue weighted by molar-refractivity contribution is 0.354. The number of hydrogen-bond donors (Lipinski definition) is 1. The lowest BCUT2D eigenvalue weighted by Crippen LogP contribution is -2.41. The van der Waals surface area contributed by atoms with E-state index in [0.717, 1.165) is 18.4 Å². The lowest BCUT2D eigenvalue weighted by atomic mass is 10.2. The summed E-state index contributed by atoms with van der Waals surface area (Å²) >= 11 is 3.44. The van der Waals surface area contributed by atoms with Gasteiger partial charge in [0.05, 0.1) is 4.90 Å². The van der Waals surface area contributed by atoms with Crippen LogP contribution < -0.4 is 5.32 Å². The molecule has 2 heterocycles. The van der Waals surface area contributed by atoms with Crippen LogP contribution in [0.2, 0.25) is 0 Å². The fraction of sp³-hybridized carbons (Fsp3) is 0.400. The first-order chi connectivity index (χ1) is 10.5. The number of nitrogens with one attached hydrogen (secondary N) is 1. The summed E-state index contributed by atoms with van der Waals surface area (Å²) in [7, 11) is -3.55. The minimum absolute atomic E-state index is 0. The van der Waals surface area contributed by atoms with Crippen molar-refractivity contribution in [3.8, 4) is 0 Å². The van der Waals surface area contributed by atoms with Crippen molar-refractivity contribution in [1.29, 1.82) is 0 Å². The molecule has 1 aromatic heterocycles. The Morgan fingerprint density at radius 3 is 2.79 bits per heavy atom. The van der Waals surface area contributed by atoms with Crippen molar-refractivity contribution < 1.29 is 8.42 Å². The Kier molecular flexibility index (Phi) is 7.90. The second kappa shape index (κ2) is 8.78. The van der Waals surface area contributed by atoms with E-state index in [-0.39, 0.29) is 30.9 Å². The van der Waals surface area contributed by atoms with E-state index in [1.165, 1.54) is 0 Å². The minimum Gasteiger partial charge on any atom is -0.315 e. The molecule has 1 aromatic carbocycles. The molecule has 0 spiro atoms. The van der Waals surface area contributed by atoms with Gasteiger partial charge in [0.15, 0.2) is 0 Å². The summed E-state index contributed by atoms with van der Waals surface area (Å²) in [6.45, 7) is 4.00. The number of hydrogen-bond acceptors (Lipinski definition) is 4. The number of halogens is 3. The first kappa shape index (κ1) is 21.6. The number of pyridine rings is 1. The van der Waals surface area contributed by atoms with Crippen molar-refractivity contribution >= 4 is 61.5 Å². The molecule has 1 aliphatic heterocycles. The highest BCUT2D eigenvalue weighted by Crippen LogP contribution is 2.31. The van der Waals surface area contributed by atoms with Gasteiger partial charge < -0.3 is 5.32 Å². The molecule has 9 heteroatoms. The summed E-state index contributed by atoms with van der Waals surface area (Å²) in [5.41, 5.74) is 0. The summed E-state index contributed by atoms with van der Waals surface area (Å²) in [6.07, 6.45) is 4.14. The predicted molar refractivity (Wildman–Crippen MR) is 105 cm³/mol. The molecule has 1 N–H and O–H groups in total. The van der Waals surface area contributed by atoms with Crippen LogP contribution in [0.5, 0.6) is 0 Å². The SMILES string of the molecule is C[C@H]1CNCCCN1S(=O)(=O)c1cccc2cncc(Br)c12.Cl.Cl. The maximum atomic E-state index is 13.2. The van der Waals surface area contributed by atoms with Crippen molar-refractivity contribution in [2.75, 3.05) is 19.6 Å². The van der Waals surface area contributed by atoms with Crippen LogP contribution in [0.1, 0.15) is 13.3 Å². The van der Waals surface area contributed by atoms with Gasteiger partial charge in [-0.25, -0.2) is 8.42 Å². The fourth-order valence-corrected chi connectivity index (χ4v) is 5.45. The molecule has 24 heavy (non-hydrogen) atoms. The van der Waals surface area contributed by atoms with Gasteiger partial charge in [0.25, 0.3) is 0 Å². The van der Waals surface area contributed by atoms with Gasteiger partial charge in [-0.05, 0) is 41.9 Å². The first-order valence-corrected chi connectivity index (χ1v) is 9.50. The van der Waals surface area contributed by atoms with Crippen LogP contribution in [-0.2, 0) is 10.0 Å². The van der Waals surface area contributed by atoms with E-state index >= 15 is 0 Å². The quantitative estimate of drug-likeness (QED) is 0.753. The predicted octanol–water partition coefficient (Wildman–Crippen LogP) is 3.21. The van der Waals surface area contributed by atoms with E-state index in [9.17, 15) is 8.42 Å². The van der Waals surface area contributed by atoms with Crippen LogP contribution in [0.25, 0.3) is 10.8 Å². The molecule has 0 radical (unpaired) electrons. The number of aromatic nitrogens is 1. The smallest absolute Gasteiger partial charge is 0.244 e. The zero-order valence-corrected chi connectivity index (χ0v) is 17.1. The Hall–Kier alpha value is -0.440. The van der Waals surface area contributed by atoms with Gasteiger partial charge in [-0.1, -0.05) is 12.1 Å². The van der Waals surface area contributed by atoms with Crippen LogP contribution >= 0.6 is 40.7 Å². The molecule has 1 aliphatic rings. The monoisotopic (exact) mass is 455 g/mol. The Morgan fingerprint density at radius 1 is 1.29 bits per heavy atom. The molecule has 0 saturated carbocycles. The Morgan fingerprint density at radius 2 is 2.04 bits per heavy atom. The van der Waals surface area contributed by atoms with Crippen LogP contribution in [0.15, 0.2) is 40.0 Å². The van der Waals surface area contributed by atoms with E-state index in [4.69, 9.17) is 0 Å². The summed E-state index contributed by atoms with van der Waals surface area (Å²) in [5, 5.41) is 4.79. The molecule has 2 aromatic rings. The summed E-state index contributed by atoms with van der Waals surface area (Å²) in [6, 6.07) is 5.25. The number of sulfonamides is 1. The minimum atomic E-state index is -3.55. The molecule has 1 saturated heterocycles. The van der Waals surface area contributed by atoms with Gasteiger partial charge in [0.2, 0.25) is 10.0 Å². The third-order valence-electron chi connectivity index (χ3n) is 3.95. The zero-order valence-electron chi connectivity index (χ0n) is 13.1. The molecule has 0 amide bonds. The van der Waals surface area contributed by atoms with Crippen LogP contribution in [0, 0.1) is 0 Å². The third-order valence-corrected chi connectivity index (χ3v) is 6.61. The fourth-order valence-electron chi connectivity index (χ4n) is 2.85. The van der Waals surface area contributed by atoms with E-state index < -0.39 is 10.0 Å². The average Bonchev–Trinajstić information content (AvgIpc) is 2.72. The van der Waals surface area contributed by atoms with Crippen molar-refractivity contribution in [2.24, 2.45) is 0 Å².